The minimum Gasteiger partial charge on any atom is -1.00 e. The van der Waals surface area contributed by atoms with Crippen molar-refractivity contribution in [3.63, 3.8) is 0 Å². The van der Waals surface area contributed by atoms with Crippen molar-refractivity contribution in [3.8, 4) is 11.5 Å². The van der Waals surface area contributed by atoms with Gasteiger partial charge in [0, 0.05) is 11.1 Å². The van der Waals surface area contributed by atoms with Crippen LogP contribution < -0.4 is 66.1 Å². The number of hydrogen-bond donors (Lipinski definition) is 0. The second-order valence-corrected chi connectivity index (χ2v) is 24.4. The summed E-state index contributed by atoms with van der Waals surface area (Å²) in [5.41, 5.74) is 2.44. The lowest BCUT2D eigenvalue weighted by Crippen LogP contribution is -3.00. The summed E-state index contributed by atoms with van der Waals surface area (Å²) in [6.45, 7) is 10.6. The topological polar surface area (TPSA) is 18.5 Å². The van der Waals surface area contributed by atoms with Crippen LogP contribution >= 0.6 is 14.5 Å². The van der Waals surface area contributed by atoms with Gasteiger partial charge >= 0.3 is 0 Å². The Hall–Kier alpha value is -4.42. The van der Waals surface area contributed by atoms with Crippen LogP contribution in [0.1, 0.15) is 90.2 Å². The van der Waals surface area contributed by atoms with Gasteiger partial charge < -0.3 is 34.3 Å². The maximum Gasteiger partial charge on any atom is 0.126 e. The Morgan fingerprint density at radius 1 is 0.364 bits per heavy atom. The lowest BCUT2D eigenvalue weighted by molar-refractivity contribution is -0.00100. The quantitative estimate of drug-likeness (QED) is 0.0575. The zero-order chi connectivity index (χ0) is 44.5. The van der Waals surface area contributed by atoms with Crippen molar-refractivity contribution < 1.29 is 34.3 Å². The van der Waals surface area contributed by atoms with E-state index in [1.807, 2.05) is 0 Å². The highest BCUT2D eigenvalue weighted by Gasteiger charge is 2.48. The summed E-state index contributed by atoms with van der Waals surface area (Å²) < 4.78 is 14.7. The van der Waals surface area contributed by atoms with Gasteiger partial charge in [0.1, 0.15) is 70.2 Å². The lowest BCUT2D eigenvalue weighted by Gasteiger charge is -2.31. The molecular formula is C60H70Cl2O2P2. The van der Waals surface area contributed by atoms with Crippen LogP contribution in [-0.2, 0) is 12.3 Å². The van der Waals surface area contributed by atoms with E-state index in [4.69, 9.17) is 9.47 Å². The van der Waals surface area contributed by atoms with Gasteiger partial charge in [-0.25, -0.2) is 0 Å². The van der Waals surface area contributed by atoms with Gasteiger partial charge in [-0.15, -0.1) is 0 Å². The first-order valence-electron chi connectivity index (χ1n) is 24.1. The van der Waals surface area contributed by atoms with Crippen LogP contribution in [0.3, 0.4) is 0 Å². The SMILES string of the molecule is CCCCC(CC)COc1cc(C[P+](c2ccccc2)(c2ccccc2)c2ccccc2)c(OCC(CC)CCCC)cc1C[P+](c1ccccc1)(c1ccccc1)c1ccccc1.[Cl-].[Cl-]. The molecule has 0 saturated carbocycles. The highest BCUT2D eigenvalue weighted by molar-refractivity contribution is 7.95. The van der Waals surface area contributed by atoms with E-state index < -0.39 is 14.5 Å². The van der Waals surface area contributed by atoms with Crippen LogP contribution in [0.25, 0.3) is 0 Å². The molecule has 6 heteroatoms. The van der Waals surface area contributed by atoms with E-state index >= 15 is 0 Å². The molecule has 0 aromatic heterocycles. The summed E-state index contributed by atoms with van der Waals surface area (Å²) in [5.74, 6) is 2.96. The summed E-state index contributed by atoms with van der Waals surface area (Å²) in [5, 5.41) is 8.21. The van der Waals surface area contributed by atoms with E-state index in [1.165, 1.54) is 81.5 Å². The second-order valence-electron chi connectivity index (χ2n) is 17.5. The normalized spacial score (nSPS) is 12.3. The molecular weight excluding hydrogens is 886 g/mol. The van der Waals surface area contributed by atoms with Gasteiger partial charge in [-0.05, 0) is 110 Å². The van der Waals surface area contributed by atoms with Gasteiger partial charge in [-0.2, -0.15) is 0 Å². The summed E-state index contributed by atoms with van der Waals surface area (Å²) in [4.78, 5) is 0. The Morgan fingerprint density at radius 2 is 0.606 bits per heavy atom. The van der Waals surface area contributed by atoms with E-state index in [2.05, 4.69) is 222 Å². The summed E-state index contributed by atoms with van der Waals surface area (Å²) >= 11 is 0. The second kappa shape index (κ2) is 26.8. The van der Waals surface area contributed by atoms with Gasteiger partial charge in [0.25, 0.3) is 0 Å². The third-order valence-corrected chi connectivity index (χ3v) is 22.0. The highest BCUT2D eigenvalue weighted by atomic mass is 35.5. The molecule has 346 valence electrons. The minimum atomic E-state index is -2.28. The molecule has 66 heavy (non-hydrogen) atoms. The van der Waals surface area contributed by atoms with Gasteiger partial charge in [0.15, 0.2) is 0 Å². The largest absolute Gasteiger partial charge is 1.00 e. The molecule has 0 aliphatic carbocycles. The van der Waals surface area contributed by atoms with E-state index in [-0.39, 0.29) is 24.8 Å². The Kier molecular flexibility index (Phi) is 21.3. The fraction of sp³-hybridized carbons (Fsp3) is 0.300. The molecule has 0 saturated heterocycles. The molecule has 0 aliphatic rings. The Labute approximate surface area is 411 Å². The predicted octanol–water partition coefficient (Wildman–Crippen LogP) is 7.87. The third-order valence-electron chi connectivity index (χ3n) is 13.3. The third kappa shape index (κ3) is 12.6. The molecule has 0 fully saturated rings. The number of unbranched alkanes of at least 4 members (excludes halogenated alkanes) is 2. The molecule has 0 radical (unpaired) electrons. The first-order chi connectivity index (χ1) is 31.5. The average molecular weight is 956 g/mol. The zero-order valence-corrected chi connectivity index (χ0v) is 42.9. The van der Waals surface area contributed by atoms with Gasteiger partial charge in [-0.3, -0.25) is 0 Å². The summed E-state index contributed by atoms with van der Waals surface area (Å²) in [6, 6.07) is 72.6. The minimum absolute atomic E-state index is 0. The lowest BCUT2D eigenvalue weighted by atomic mass is 10.0. The Balaban J connectivity index is 0.00000408. The average Bonchev–Trinajstić information content (AvgIpc) is 3.37. The van der Waals surface area contributed by atoms with Gasteiger partial charge in [-0.1, -0.05) is 175 Å². The molecule has 2 unspecified atom stereocenters. The number of rotatable bonds is 24. The van der Waals surface area contributed by atoms with Crippen LogP contribution in [0, 0.1) is 11.8 Å². The number of ether oxygens (including phenoxy) is 2. The molecule has 0 aliphatic heterocycles. The maximum atomic E-state index is 7.34. The molecule has 7 aromatic rings. The summed E-state index contributed by atoms with van der Waals surface area (Å²) in [6.07, 6.45) is 11.0. The predicted molar refractivity (Wildman–Crippen MR) is 282 cm³/mol. The monoisotopic (exact) mass is 954 g/mol. The van der Waals surface area contributed by atoms with E-state index in [1.54, 1.807) is 0 Å². The Bertz CT molecular complexity index is 2040. The molecule has 0 amide bonds. The maximum absolute atomic E-state index is 7.34. The number of hydrogen-bond acceptors (Lipinski definition) is 2. The molecule has 0 spiro atoms. The fourth-order valence-electron chi connectivity index (χ4n) is 9.42. The van der Waals surface area contributed by atoms with Crippen molar-refractivity contribution in [2.75, 3.05) is 13.2 Å². The number of halogens is 2. The molecule has 7 aromatic carbocycles. The van der Waals surface area contributed by atoms with Crippen molar-refractivity contribution >= 4 is 46.4 Å². The molecule has 2 nitrogen and oxygen atoms in total. The highest BCUT2D eigenvalue weighted by Crippen LogP contribution is 2.62. The van der Waals surface area contributed by atoms with Crippen molar-refractivity contribution in [3.05, 3.63) is 205 Å². The van der Waals surface area contributed by atoms with Crippen molar-refractivity contribution in [1.82, 2.24) is 0 Å². The van der Waals surface area contributed by atoms with Crippen molar-refractivity contribution in [1.29, 1.82) is 0 Å². The number of benzene rings is 7. The zero-order valence-electron chi connectivity index (χ0n) is 39.6. The van der Waals surface area contributed by atoms with Crippen LogP contribution in [0.2, 0.25) is 0 Å². The smallest absolute Gasteiger partial charge is 0.126 e. The van der Waals surface area contributed by atoms with E-state index in [9.17, 15) is 0 Å². The molecule has 0 bridgehead atoms. The van der Waals surface area contributed by atoms with Crippen LogP contribution in [0.15, 0.2) is 194 Å². The molecule has 0 N–H and O–H groups in total. The molecule has 0 heterocycles. The van der Waals surface area contributed by atoms with Crippen LogP contribution in [-0.4, -0.2) is 13.2 Å². The first kappa shape index (κ1) is 52.5. The van der Waals surface area contributed by atoms with Crippen molar-refractivity contribution in [2.24, 2.45) is 11.8 Å². The van der Waals surface area contributed by atoms with E-state index in [0.717, 1.165) is 36.7 Å². The van der Waals surface area contributed by atoms with Crippen molar-refractivity contribution in [2.45, 2.75) is 91.4 Å². The summed E-state index contributed by atoms with van der Waals surface area (Å²) in [7, 11) is -4.56. The van der Waals surface area contributed by atoms with Crippen LogP contribution in [0.5, 0.6) is 11.5 Å². The van der Waals surface area contributed by atoms with Crippen LogP contribution in [0.4, 0.5) is 0 Å². The molecule has 7 rings (SSSR count). The first-order valence-corrected chi connectivity index (χ1v) is 28.0. The van der Waals surface area contributed by atoms with E-state index in [0.29, 0.717) is 25.0 Å². The molecule has 2 atom stereocenters. The fourth-order valence-corrected chi connectivity index (χ4v) is 17.9. The van der Waals surface area contributed by atoms with Gasteiger partial charge in [0.05, 0.1) is 13.2 Å². The standard InChI is InChI=1S/C60H70O2P2.2ClH/c1-5-9-29-49(7-3)45-61-59-43-52(48-64(56-37-23-14-24-38-56,57-39-25-15-26-40-57)58-41-27-16-28-42-58)60(62-46-50(8-4)30-10-6-2)44-51(59)47-63(53-31-17-11-18-32-53,54-33-19-12-20-34-54)55-35-21-13-22-36-55;;/h11-28,31-44,49-50H,5-10,29-30,45-48H2,1-4H3;2*1H/q+2;;/p-2. The van der Waals surface area contributed by atoms with Gasteiger partial charge in [0.2, 0.25) is 0 Å². The Morgan fingerprint density at radius 3 is 0.818 bits per heavy atom.